The van der Waals surface area contributed by atoms with E-state index in [1.807, 2.05) is 4.90 Å². The number of hydrogen-bond acceptors (Lipinski definition) is 4. The molecule has 6 nitrogen and oxygen atoms in total. The van der Waals surface area contributed by atoms with E-state index in [-0.39, 0.29) is 17.7 Å². The van der Waals surface area contributed by atoms with Crippen LogP contribution in [0, 0.1) is 17.2 Å². The molecule has 1 aromatic rings. The maximum atomic E-state index is 12.8. The van der Waals surface area contributed by atoms with Crippen molar-refractivity contribution in [2.24, 2.45) is 5.92 Å². The lowest BCUT2D eigenvalue weighted by molar-refractivity contribution is -0.143. The van der Waals surface area contributed by atoms with Crippen LogP contribution in [0.4, 0.5) is 0 Å². The largest absolute Gasteiger partial charge is 0.480 e. The smallest absolute Gasteiger partial charge is 0.263 e. The van der Waals surface area contributed by atoms with Gasteiger partial charge in [-0.05, 0) is 44.7 Å². The van der Waals surface area contributed by atoms with Crippen molar-refractivity contribution in [3.05, 3.63) is 29.8 Å². The summed E-state index contributed by atoms with van der Waals surface area (Å²) >= 11 is 0. The summed E-state index contributed by atoms with van der Waals surface area (Å²) in [5.41, 5.74) is 0.420. The lowest BCUT2D eigenvalue weighted by Gasteiger charge is -2.35. The number of hydrogen-bond donors (Lipinski definition) is 0. The molecule has 0 bridgehead atoms. The summed E-state index contributed by atoms with van der Waals surface area (Å²) in [4.78, 5) is 29.4. The van der Waals surface area contributed by atoms with E-state index >= 15 is 0 Å². The third kappa shape index (κ3) is 4.83. The molecule has 3 rings (SSSR count). The van der Waals surface area contributed by atoms with Gasteiger partial charge in [-0.25, -0.2) is 0 Å². The Kier molecular flexibility index (Phi) is 6.91. The third-order valence-electron chi connectivity index (χ3n) is 5.73. The Morgan fingerprint density at radius 3 is 2.32 bits per heavy atom. The highest BCUT2D eigenvalue weighted by Crippen LogP contribution is 2.24. The van der Waals surface area contributed by atoms with Crippen LogP contribution in [0.25, 0.3) is 0 Å². The van der Waals surface area contributed by atoms with Gasteiger partial charge in [-0.3, -0.25) is 9.59 Å². The monoisotopic (exact) mass is 383 g/mol. The van der Waals surface area contributed by atoms with Gasteiger partial charge in [0.2, 0.25) is 5.91 Å². The Morgan fingerprint density at radius 1 is 1.04 bits per heavy atom. The van der Waals surface area contributed by atoms with Crippen molar-refractivity contribution >= 4 is 11.8 Å². The van der Waals surface area contributed by atoms with Crippen LogP contribution in [0.15, 0.2) is 24.3 Å². The van der Waals surface area contributed by atoms with E-state index in [1.54, 1.807) is 36.1 Å². The second-order valence-corrected chi connectivity index (χ2v) is 7.71. The topological polar surface area (TPSA) is 73.6 Å². The van der Waals surface area contributed by atoms with Crippen LogP contribution in [-0.4, -0.2) is 53.9 Å². The van der Waals surface area contributed by atoms with E-state index in [1.165, 1.54) is 12.8 Å². The molecule has 0 N–H and O–H groups in total. The van der Waals surface area contributed by atoms with E-state index in [0.29, 0.717) is 37.2 Å². The van der Waals surface area contributed by atoms with Crippen molar-refractivity contribution in [1.29, 1.82) is 5.26 Å². The van der Waals surface area contributed by atoms with E-state index < -0.39 is 6.10 Å². The van der Waals surface area contributed by atoms with Crippen molar-refractivity contribution in [3.8, 4) is 11.8 Å². The van der Waals surface area contributed by atoms with Gasteiger partial charge in [-0.2, -0.15) is 5.26 Å². The SMILES string of the molecule is CC(Oc1ccccc1C#N)C(=O)N1CCC(C(=O)N2CCCCCC2)CC1. The Labute approximate surface area is 167 Å². The Bertz CT molecular complexity index is 727. The molecule has 150 valence electrons. The fourth-order valence-corrected chi connectivity index (χ4v) is 4.06. The molecular formula is C22H29N3O3. The summed E-state index contributed by atoms with van der Waals surface area (Å²) in [6, 6.07) is 9.01. The van der Waals surface area contributed by atoms with Crippen LogP contribution in [0.2, 0.25) is 0 Å². The molecule has 2 fully saturated rings. The first-order chi connectivity index (χ1) is 13.6. The van der Waals surface area contributed by atoms with Crippen LogP contribution in [0.5, 0.6) is 5.75 Å². The number of piperidine rings is 1. The van der Waals surface area contributed by atoms with Gasteiger partial charge >= 0.3 is 0 Å². The summed E-state index contributed by atoms with van der Waals surface area (Å²) in [5, 5.41) is 9.16. The molecular weight excluding hydrogens is 354 g/mol. The number of nitriles is 1. The summed E-state index contributed by atoms with van der Waals surface area (Å²) in [6.07, 6.45) is 5.38. The fourth-order valence-electron chi connectivity index (χ4n) is 4.06. The highest BCUT2D eigenvalue weighted by molar-refractivity contribution is 5.82. The third-order valence-corrected chi connectivity index (χ3v) is 5.73. The van der Waals surface area contributed by atoms with E-state index in [9.17, 15) is 9.59 Å². The molecule has 6 heteroatoms. The summed E-state index contributed by atoms with van der Waals surface area (Å²) < 4.78 is 5.75. The van der Waals surface area contributed by atoms with Crippen LogP contribution in [0.1, 0.15) is 51.0 Å². The van der Waals surface area contributed by atoms with Gasteiger partial charge in [0, 0.05) is 32.1 Å². The summed E-state index contributed by atoms with van der Waals surface area (Å²) in [5.74, 6) is 0.629. The lowest BCUT2D eigenvalue weighted by atomic mass is 9.94. The molecule has 2 heterocycles. The highest BCUT2D eigenvalue weighted by Gasteiger charge is 2.32. The predicted octanol–water partition coefficient (Wildman–Crippen LogP) is 2.97. The number of nitrogens with zero attached hydrogens (tertiary/aromatic N) is 3. The average Bonchev–Trinajstić information content (AvgIpc) is 3.02. The minimum Gasteiger partial charge on any atom is -0.480 e. The average molecular weight is 383 g/mol. The molecule has 0 saturated carbocycles. The van der Waals surface area contributed by atoms with Gasteiger partial charge in [0.15, 0.2) is 6.10 Å². The Balaban J connectivity index is 1.51. The highest BCUT2D eigenvalue weighted by atomic mass is 16.5. The van der Waals surface area contributed by atoms with E-state index in [4.69, 9.17) is 10.00 Å². The van der Waals surface area contributed by atoms with Gasteiger partial charge in [-0.1, -0.05) is 25.0 Å². The minimum atomic E-state index is -0.660. The van der Waals surface area contributed by atoms with Crippen molar-refractivity contribution in [3.63, 3.8) is 0 Å². The molecule has 0 aliphatic carbocycles. The Morgan fingerprint density at radius 2 is 1.68 bits per heavy atom. The normalized spacial score (nSPS) is 19.4. The van der Waals surface area contributed by atoms with Gasteiger partial charge < -0.3 is 14.5 Å². The molecule has 2 amide bonds. The lowest BCUT2D eigenvalue weighted by Crippen LogP contribution is -2.48. The molecule has 1 atom stereocenters. The molecule has 2 aliphatic rings. The van der Waals surface area contributed by atoms with Crippen LogP contribution in [-0.2, 0) is 9.59 Å². The number of rotatable bonds is 4. The minimum absolute atomic E-state index is 0.0256. The van der Waals surface area contributed by atoms with Crippen molar-refractivity contribution < 1.29 is 14.3 Å². The Hall–Kier alpha value is -2.55. The van der Waals surface area contributed by atoms with Crippen molar-refractivity contribution in [1.82, 2.24) is 9.80 Å². The number of para-hydroxylation sites is 1. The number of likely N-dealkylation sites (tertiary alicyclic amines) is 2. The van der Waals surface area contributed by atoms with Crippen molar-refractivity contribution in [2.75, 3.05) is 26.2 Å². The first-order valence-electron chi connectivity index (χ1n) is 10.3. The molecule has 2 aliphatic heterocycles. The molecule has 28 heavy (non-hydrogen) atoms. The predicted molar refractivity (Wildman–Crippen MR) is 106 cm³/mol. The summed E-state index contributed by atoms with van der Waals surface area (Å²) in [6.45, 7) is 4.63. The number of amides is 2. The molecule has 1 aromatic carbocycles. The van der Waals surface area contributed by atoms with Gasteiger partial charge in [0.25, 0.3) is 5.91 Å². The molecule has 1 unspecified atom stereocenters. The standard InChI is InChI=1S/C22H29N3O3/c1-17(28-20-9-5-4-8-19(20)16-23)21(26)25-14-10-18(11-15-25)22(27)24-12-6-2-3-7-13-24/h4-5,8-9,17-18H,2-3,6-7,10-15H2,1H3. The van der Waals surface area contributed by atoms with E-state index in [0.717, 1.165) is 25.9 Å². The zero-order valence-electron chi connectivity index (χ0n) is 16.6. The zero-order valence-corrected chi connectivity index (χ0v) is 16.6. The number of carbonyl (C=O) groups is 2. The van der Waals surface area contributed by atoms with Crippen LogP contribution in [0.3, 0.4) is 0 Å². The second-order valence-electron chi connectivity index (χ2n) is 7.71. The van der Waals surface area contributed by atoms with E-state index in [2.05, 4.69) is 6.07 Å². The molecule has 0 radical (unpaired) electrons. The van der Waals surface area contributed by atoms with Gasteiger partial charge in [-0.15, -0.1) is 0 Å². The van der Waals surface area contributed by atoms with Gasteiger partial charge in [0.05, 0.1) is 5.56 Å². The molecule has 0 spiro atoms. The second kappa shape index (κ2) is 9.59. The molecule has 2 saturated heterocycles. The first kappa shape index (κ1) is 20.2. The quantitative estimate of drug-likeness (QED) is 0.801. The maximum Gasteiger partial charge on any atom is 0.263 e. The number of ether oxygens (including phenoxy) is 1. The van der Waals surface area contributed by atoms with Crippen LogP contribution >= 0.6 is 0 Å². The summed E-state index contributed by atoms with van der Waals surface area (Å²) in [7, 11) is 0. The first-order valence-corrected chi connectivity index (χ1v) is 10.3. The van der Waals surface area contributed by atoms with Gasteiger partial charge in [0.1, 0.15) is 11.8 Å². The van der Waals surface area contributed by atoms with Crippen molar-refractivity contribution in [2.45, 2.75) is 51.6 Å². The molecule has 0 aromatic heterocycles. The van der Waals surface area contributed by atoms with Crippen LogP contribution < -0.4 is 4.74 Å². The fraction of sp³-hybridized carbons (Fsp3) is 0.591. The maximum absolute atomic E-state index is 12.8. The number of carbonyl (C=O) groups excluding carboxylic acids is 2. The number of benzene rings is 1. The zero-order chi connectivity index (χ0) is 19.9.